The van der Waals surface area contributed by atoms with Crippen LogP contribution < -0.4 is 22.3 Å². The number of cyclic esters (lactones) is 1. The fourth-order valence-corrected chi connectivity index (χ4v) is 5.76. The number of fused-ring (bicyclic) bond motifs is 5. The molecule has 44 heavy (non-hydrogen) atoms. The molecule has 4 heterocycles. The minimum absolute atomic E-state index is 0.0936. The molecule has 3 atom stereocenters. The lowest BCUT2D eigenvalue weighted by Crippen LogP contribution is -2.53. The molecule has 2 aromatic heterocycles. The molecule has 6 N–H and O–H groups in total. The molecule has 2 aliphatic heterocycles. The van der Waals surface area contributed by atoms with Crippen LogP contribution in [0.1, 0.15) is 62.1 Å². The number of amides is 1. The van der Waals surface area contributed by atoms with Crippen LogP contribution in [0, 0.1) is 0 Å². The summed E-state index contributed by atoms with van der Waals surface area (Å²) < 4.78 is 12.8. The summed E-state index contributed by atoms with van der Waals surface area (Å²) in [7, 11) is 0. The largest absolute Gasteiger partial charge is 0.481 e. The number of hydrogen-bond acceptors (Lipinski definition) is 10. The van der Waals surface area contributed by atoms with Gasteiger partial charge in [0.2, 0.25) is 11.5 Å². The van der Waals surface area contributed by atoms with E-state index in [9.17, 15) is 29.1 Å². The number of carboxylic acids is 1. The number of hydrogen-bond donors (Lipinski definition) is 4. The second-order valence-corrected chi connectivity index (χ2v) is 11.1. The third kappa shape index (κ3) is 5.67. The second-order valence-electron chi connectivity index (χ2n) is 11.1. The first kappa shape index (κ1) is 30.8. The minimum atomic E-state index is -2.02. The molecule has 0 saturated heterocycles. The van der Waals surface area contributed by atoms with Gasteiger partial charge in [-0.3, -0.25) is 14.4 Å². The van der Waals surface area contributed by atoms with E-state index in [0.29, 0.717) is 37.2 Å². The number of nitrogens with zero attached hydrogens (tertiary/aromatic N) is 2. The number of carboxylic acid groups (broad SMARTS) is 1. The molecule has 0 radical (unpaired) electrons. The Balaban J connectivity index is 1.51. The first-order chi connectivity index (χ1) is 21.1. The Morgan fingerprint density at radius 2 is 1.95 bits per heavy atom. The van der Waals surface area contributed by atoms with E-state index < -0.39 is 53.5 Å². The van der Waals surface area contributed by atoms with Crippen LogP contribution in [0.5, 0.6) is 0 Å². The summed E-state index contributed by atoms with van der Waals surface area (Å²) in [6.45, 7) is 2.00. The summed E-state index contributed by atoms with van der Waals surface area (Å²) in [5, 5.41) is 12.7. The van der Waals surface area contributed by atoms with E-state index >= 15 is 0 Å². The maximum Gasteiger partial charge on any atom is 0.355 e. The number of ether oxygens (including phenoxy) is 2. The molecule has 0 aliphatic carbocycles. The maximum absolute atomic E-state index is 13.8. The van der Waals surface area contributed by atoms with Gasteiger partial charge in [0, 0.05) is 22.9 Å². The van der Waals surface area contributed by atoms with Crippen LogP contribution in [0.2, 0.25) is 0 Å². The first-order valence-electron chi connectivity index (χ1n) is 14.6. The number of nitrogens with two attached hydrogens (primary N) is 2. The van der Waals surface area contributed by atoms with Gasteiger partial charge in [-0.1, -0.05) is 31.5 Å². The average Bonchev–Trinajstić information content (AvgIpc) is 3.37. The Kier molecular flexibility index (Phi) is 8.79. The standard InChI is InChI=1S/C31H35N5O8/c1-2-31(44-29(41)23(10-11-25(37)38)35-27(39)21(33)8-5-6-12-32)20-14-24-26-18(13-17-7-3-4-9-22(17)34-26)15-36(24)28(40)19(20)16-43-30(31)42/h3-4,7,9,13-14,21,23H,2,5-6,8,10-12,15-16,32-33H2,1H3,(H,35,39)(H,37,38)/t21-,23-,31-/m0/s1. The predicted octanol–water partition coefficient (Wildman–Crippen LogP) is 1.44. The van der Waals surface area contributed by atoms with Gasteiger partial charge in [-0.05, 0) is 50.4 Å². The van der Waals surface area contributed by atoms with E-state index in [-0.39, 0.29) is 37.1 Å². The van der Waals surface area contributed by atoms with Crippen LogP contribution >= 0.6 is 0 Å². The molecule has 2 aliphatic rings. The Morgan fingerprint density at radius 1 is 1.18 bits per heavy atom. The highest BCUT2D eigenvalue weighted by molar-refractivity contribution is 5.91. The second kappa shape index (κ2) is 12.5. The van der Waals surface area contributed by atoms with Crippen molar-refractivity contribution in [1.82, 2.24) is 14.9 Å². The quantitative estimate of drug-likeness (QED) is 0.134. The van der Waals surface area contributed by atoms with E-state index in [1.54, 1.807) is 17.6 Å². The molecule has 0 fully saturated rings. The number of pyridine rings is 2. The van der Waals surface area contributed by atoms with E-state index in [1.807, 2.05) is 30.3 Å². The smallest absolute Gasteiger partial charge is 0.355 e. The van der Waals surface area contributed by atoms with Crippen molar-refractivity contribution in [2.75, 3.05) is 6.54 Å². The first-order valence-corrected chi connectivity index (χ1v) is 14.6. The number of aliphatic carboxylic acids is 1. The van der Waals surface area contributed by atoms with Crippen molar-refractivity contribution >= 4 is 34.7 Å². The SMILES string of the molecule is CC[C@@]1(OC(=O)[C@H](CCC(=O)O)NC(=O)[C@@H](N)CCCCN)C(=O)OCc2c1cc1n(c2=O)Cc2cc3ccccc3nc2-1. The zero-order valence-corrected chi connectivity index (χ0v) is 24.3. The van der Waals surface area contributed by atoms with Gasteiger partial charge in [-0.2, -0.15) is 0 Å². The third-order valence-electron chi connectivity index (χ3n) is 8.21. The highest BCUT2D eigenvalue weighted by atomic mass is 16.6. The van der Waals surface area contributed by atoms with Gasteiger partial charge < -0.3 is 35.9 Å². The average molecular weight is 606 g/mol. The zero-order valence-electron chi connectivity index (χ0n) is 24.3. The molecule has 13 heteroatoms. The highest BCUT2D eigenvalue weighted by Gasteiger charge is 2.51. The monoisotopic (exact) mass is 605 g/mol. The number of esters is 2. The molecule has 5 rings (SSSR count). The van der Waals surface area contributed by atoms with Crippen LogP contribution in [-0.2, 0) is 47.4 Å². The summed E-state index contributed by atoms with van der Waals surface area (Å²) in [5.41, 5.74) is 12.0. The third-order valence-corrected chi connectivity index (χ3v) is 8.21. The van der Waals surface area contributed by atoms with Crippen molar-refractivity contribution in [2.24, 2.45) is 11.5 Å². The normalized spacial score (nSPS) is 18.0. The van der Waals surface area contributed by atoms with Gasteiger partial charge in [0.1, 0.15) is 12.6 Å². The van der Waals surface area contributed by atoms with Crippen molar-refractivity contribution in [3.63, 3.8) is 0 Å². The van der Waals surface area contributed by atoms with Crippen molar-refractivity contribution in [3.05, 3.63) is 63.4 Å². The lowest BCUT2D eigenvalue weighted by atomic mass is 9.85. The summed E-state index contributed by atoms with van der Waals surface area (Å²) in [6.07, 6.45) is 0.685. The lowest BCUT2D eigenvalue weighted by molar-refractivity contribution is -0.191. The Morgan fingerprint density at radius 3 is 2.68 bits per heavy atom. The summed E-state index contributed by atoms with van der Waals surface area (Å²) >= 11 is 0. The molecule has 0 bridgehead atoms. The van der Waals surface area contributed by atoms with Gasteiger partial charge >= 0.3 is 17.9 Å². The molecule has 0 unspecified atom stereocenters. The van der Waals surface area contributed by atoms with Crippen molar-refractivity contribution < 1.29 is 33.8 Å². The van der Waals surface area contributed by atoms with Gasteiger partial charge in [0.05, 0.1) is 35.1 Å². The minimum Gasteiger partial charge on any atom is -0.481 e. The number of para-hydroxylation sites is 1. The van der Waals surface area contributed by atoms with Crippen molar-refractivity contribution in [2.45, 2.75) is 76.3 Å². The summed E-state index contributed by atoms with van der Waals surface area (Å²) in [4.78, 5) is 69.8. The van der Waals surface area contributed by atoms with E-state index in [1.165, 1.54) is 0 Å². The van der Waals surface area contributed by atoms with E-state index in [0.717, 1.165) is 16.5 Å². The Labute approximate surface area is 252 Å². The van der Waals surface area contributed by atoms with Gasteiger partial charge in [-0.15, -0.1) is 0 Å². The topological polar surface area (TPSA) is 206 Å². The fourth-order valence-electron chi connectivity index (χ4n) is 5.76. The molecule has 0 saturated carbocycles. The van der Waals surface area contributed by atoms with Crippen LogP contribution in [0.15, 0.2) is 41.2 Å². The number of nitrogens with one attached hydrogen (secondary N) is 1. The van der Waals surface area contributed by atoms with Gasteiger partial charge in [-0.25, -0.2) is 14.6 Å². The van der Waals surface area contributed by atoms with Gasteiger partial charge in [0.15, 0.2) is 0 Å². The molecular weight excluding hydrogens is 570 g/mol. The molecule has 0 spiro atoms. The Bertz CT molecular complexity index is 1700. The molecular formula is C31H35N5O8. The summed E-state index contributed by atoms with van der Waals surface area (Å²) in [6, 6.07) is 8.77. The number of rotatable bonds is 12. The van der Waals surface area contributed by atoms with E-state index in [2.05, 4.69) is 5.32 Å². The van der Waals surface area contributed by atoms with Crippen LogP contribution in [0.25, 0.3) is 22.3 Å². The molecule has 3 aromatic rings. The number of carbonyl (C=O) groups excluding carboxylic acids is 3. The zero-order chi connectivity index (χ0) is 31.6. The predicted molar refractivity (Wildman–Crippen MR) is 158 cm³/mol. The molecule has 1 amide bonds. The summed E-state index contributed by atoms with van der Waals surface area (Å²) in [5.74, 6) is -3.79. The molecule has 13 nitrogen and oxygen atoms in total. The van der Waals surface area contributed by atoms with Crippen molar-refractivity contribution in [1.29, 1.82) is 0 Å². The lowest BCUT2D eigenvalue weighted by Gasteiger charge is -2.36. The van der Waals surface area contributed by atoms with Crippen LogP contribution in [0.3, 0.4) is 0 Å². The van der Waals surface area contributed by atoms with Crippen LogP contribution in [0.4, 0.5) is 0 Å². The Hall–Kier alpha value is -4.62. The highest BCUT2D eigenvalue weighted by Crippen LogP contribution is 2.41. The number of carbonyl (C=O) groups is 4. The van der Waals surface area contributed by atoms with Crippen molar-refractivity contribution in [3.8, 4) is 11.4 Å². The molecule has 1 aromatic carbocycles. The van der Waals surface area contributed by atoms with Crippen LogP contribution in [-0.4, -0.2) is 57.1 Å². The maximum atomic E-state index is 13.8. The van der Waals surface area contributed by atoms with Gasteiger partial charge in [0.25, 0.3) is 5.56 Å². The number of aromatic nitrogens is 2. The van der Waals surface area contributed by atoms with E-state index in [4.69, 9.17) is 25.9 Å². The number of unbranched alkanes of at least 4 members (excludes halogenated alkanes) is 1. The molecule has 232 valence electrons. The number of benzene rings is 1. The fraction of sp³-hybridized carbons (Fsp3) is 0.419.